The van der Waals surface area contributed by atoms with Crippen molar-refractivity contribution in [1.82, 2.24) is 19.2 Å². The number of aryl methyl sites for hydroxylation is 1. The van der Waals surface area contributed by atoms with Gasteiger partial charge >= 0.3 is 0 Å². The van der Waals surface area contributed by atoms with Crippen molar-refractivity contribution in [2.24, 2.45) is 0 Å². The first kappa shape index (κ1) is 23.5. The van der Waals surface area contributed by atoms with Gasteiger partial charge in [0.15, 0.2) is 5.16 Å². The number of thioether (sulfide) groups is 1. The molecular formula is C24H24N6O3S. The number of ether oxygens (including phenoxy) is 1. The van der Waals surface area contributed by atoms with Crippen LogP contribution in [0.3, 0.4) is 0 Å². The molecule has 0 aliphatic rings. The second kappa shape index (κ2) is 11.0. The Morgan fingerprint density at radius 2 is 1.91 bits per heavy atom. The maximum atomic E-state index is 13.1. The molecule has 2 aromatic carbocycles. The Morgan fingerprint density at radius 3 is 2.68 bits per heavy atom. The van der Waals surface area contributed by atoms with Gasteiger partial charge in [0.1, 0.15) is 6.54 Å². The average Bonchev–Trinajstić information content (AvgIpc) is 3.30. The molecular weight excluding hydrogens is 452 g/mol. The Balaban J connectivity index is 1.66. The van der Waals surface area contributed by atoms with Crippen LogP contribution in [0.2, 0.25) is 0 Å². The predicted octanol–water partition coefficient (Wildman–Crippen LogP) is 3.12. The fraction of sp³-hybridized carbons (Fsp3) is 0.292. The summed E-state index contributed by atoms with van der Waals surface area (Å²) in [7, 11) is 0. The Labute approximate surface area is 200 Å². The Morgan fingerprint density at radius 1 is 1.15 bits per heavy atom. The van der Waals surface area contributed by atoms with Gasteiger partial charge in [-0.15, -0.1) is 10.2 Å². The molecule has 0 atom stereocenters. The number of nitrogens with zero attached hydrogens (tertiary/aromatic N) is 6. The molecule has 0 unspecified atom stereocenters. The van der Waals surface area contributed by atoms with Crippen LogP contribution in [0, 0.1) is 11.3 Å². The highest BCUT2D eigenvalue weighted by Crippen LogP contribution is 2.23. The summed E-state index contributed by atoms with van der Waals surface area (Å²) in [6, 6.07) is 18.4. The van der Waals surface area contributed by atoms with Gasteiger partial charge in [0, 0.05) is 25.4 Å². The van der Waals surface area contributed by atoms with Crippen LogP contribution >= 0.6 is 11.8 Å². The smallest absolute Gasteiger partial charge is 0.262 e. The minimum absolute atomic E-state index is 0.0493. The summed E-state index contributed by atoms with van der Waals surface area (Å²) in [5, 5.41) is 18.8. The molecule has 1 amide bonds. The Hall–Kier alpha value is -3.68. The molecule has 0 saturated heterocycles. The van der Waals surface area contributed by atoms with Gasteiger partial charge in [-0.1, -0.05) is 42.1 Å². The lowest BCUT2D eigenvalue weighted by Gasteiger charge is -2.19. The van der Waals surface area contributed by atoms with E-state index in [-0.39, 0.29) is 23.8 Å². The maximum Gasteiger partial charge on any atom is 0.262 e. The van der Waals surface area contributed by atoms with Crippen LogP contribution in [0.25, 0.3) is 16.7 Å². The lowest BCUT2D eigenvalue weighted by Crippen LogP contribution is -2.32. The molecule has 0 fully saturated rings. The molecule has 0 aliphatic carbocycles. The number of hydrogen-bond donors (Lipinski definition) is 0. The topological polar surface area (TPSA) is 106 Å². The van der Waals surface area contributed by atoms with Crippen LogP contribution in [0.1, 0.15) is 13.3 Å². The molecule has 10 heteroatoms. The summed E-state index contributed by atoms with van der Waals surface area (Å²) < 4.78 is 8.83. The highest BCUT2D eigenvalue weighted by Gasteiger charge is 2.20. The van der Waals surface area contributed by atoms with Crippen LogP contribution in [0.15, 0.2) is 64.5 Å². The lowest BCUT2D eigenvalue weighted by molar-refractivity contribution is -0.116. The molecule has 34 heavy (non-hydrogen) atoms. The maximum absolute atomic E-state index is 13.1. The van der Waals surface area contributed by atoms with Crippen molar-refractivity contribution in [3.05, 3.63) is 65.0 Å². The van der Waals surface area contributed by atoms with Crippen molar-refractivity contribution in [3.63, 3.8) is 0 Å². The monoisotopic (exact) mass is 476 g/mol. The zero-order chi connectivity index (χ0) is 23.9. The summed E-state index contributed by atoms with van der Waals surface area (Å²) in [6.07, 6.45) is 0.662. The van der Waals surface area contributed by atoms with Gasteiger partial charge in [-0.2, -0.15) is 5.26 Å². The van der Waals surface area contributed by atoms with Crippen molar-refractivity contribution >= 4 is 40.0 Å². The van der Waals surface area contributed by atoms with Crippen LogP contribution in [0.5, 0.6) is 0 Å². The number of para-hydroxylation sites is 2. The molecule has 0 N–H and O–H groups in total. The summed E-state index contributed by atoms with van der Waals surface area (Å²) in [5.41, 5.74) is 1.21. The molecule has 0 aliphatic heterocycles. The number of rotatable bonds is 10. The van der Waals surface area contributed by atoms with Gasteiger partial charge in [-0.25, -0.2) is 0 Å². The zero-order valence-electron chi connectivity index (χ0n) is 18.8. The van der Waals surface area contributed by atoms with E-state index < -0.39 is 0 Å². The van der Waals surface area contributed by atoms with Crippen molar-refractivity contribution in [2.75, 3.05) is 30.4 Å². The number of hydrogen-bond acceptors (Lipinski definition) is 7. The fourth-order valence-corrected chi connectivity index (χ4v) is 4.52. The highest BCUT2D eigenvalue weighted by molar-refractivity contribution is 7.99. The van der Waals surface area contributed by atoms with Gasteiger partial charge < -0.3 is 4.74 Å². The molecule has 0 bridgehead atoms. The number of benzene rings is 2. The minimum atomic E-state index is -0.219. The van der Waals surface area contributed by atoms with E-state index in [9.17, 15) is 14.9 Å². The molecule has 4 rings (SSSR count). The molecule has 2 heterocycles. The van der Waals surface area contributed by atoms with Gasteiger partial charge in [0.25, 0.3) is 5.56 Å². The SMILES string of the molecule is CCOCCCn1c(=O)c2ccccc2n2c(SCC(=O)N(CC#N)c3ccccc3)nnc12. The number of fused-ring (bicyclic) bond motifs is 3. The van der Waals surface area contributed by atoms with E-state index in [0.717, 1.165) is 0 Å². The molecule has 2 aromatic heterocycles. The molecule has 4 aromatic rings. The van der Waals surface area contributed by atoms with E-state index in [2.05, 4.69) is 16.3 Å². The average molecular weight is 477 g/mol. The third-order valence-corrected chi connectivity index (χ3v) is 6.19. The standard InChI is InChI=1S/C24H24N6O3S/c1-2-33-16-8-14-29-22(32)19-11-6-7-12-20(19)30-23(29)26-27-24(30)34-17-21(31)28(15-13-25)18-9-4-3-5-10-18/h3-7,9-12H,2,8,14-17H2,1H3. The highest BCUT2D eigenvalue weighted by atomic mass is 32.2. The van der Waals surface area contributed by atoms with E-state index in [1.165, 1.54) is 16.7 Å². The van der Waals surface area contributed by atoms with Gasteiger partial charge in [0.05, 0.1) is 22.7 Å². The first-order valence-corrected chi connectivity index (χ1v) is 11.9. The van der Waals surface area contributed by atoms with Crippen LogP contribution in [0.4, 0.5) is 5.69 Å². The normalized spacial score (nSPS) is 11.1. The van der Waals surface area contributed by atoms with Gasteiger partial charge in [-0.05, 0) is 37.6 Å². The zero-order valence-corrected chi connectivity index (χ0v) is 19.6. The summed E-state index contributed by atoms with van der Waals surface area (Å²) in [6.45, 7) is 3.48. The third-order valence-electron chi connectivity index (χ3n) is 5.28. The molecule has 9 nitrogen and oxygen atoms in total. The summed E-state index contributed by atoms with van der Waals surface area (Å²) in [4.78, 5) is 27.6. The van der Waals surface area contributed by atoms with E-state index in [4.69, 9.17) is 4.74 Å². The number of aromatic nitrogens is 4. The van der Waals surface area contributed by atoms with Crippen molar-refractivity contribution < 1.29 is 9.53 Å². The summed E-state index contributed by atoms with van der Waals surface area (Å²) in [5.74, 6) is 0.269. The number of carbonyl (C=O) groups is 1. The van der Waals surface area contributed by atoms with Gasteiger partial charge in [-0.3, -0.25) is 23.5 Å². The van der Waals surface area contributed by atoms with Crippen LogP contribution in [-0.4, -0.2) is 50.6 Å². The predicted molar refractivity (Wildman–Crippen MR) is 131 cm³/mol. The summed E-state index contributed by atoms with van der Waals surface area (Å²) >= 11 is 1.22. The van der Waals surface area contributed by atoms with Crippen molar-refractivity contribution in [1.29, 1.82) is 5.26 Å². The molecule has 0 saturated carbocycles. The van der Waals surface area contributed by atoms with E-state index in [1.807, 2.05) is 47.7 Å². The quantitative estimate of drug-likeness (QED) is 0.197. The molecule has 0 spiro atoms. The van der Waals surface area contributed by atoms with E-state index in [0.29, 0.717) is 53.7 Å². The first-order valence-electron chi connectivity index (χ1n) is 10.9. The molecule has 174 valence electrons. The van der Waals surface area contributed by atoms with Crippen LogP contribution < -0.4 is 10.5 Å². The van der Waals surface area contributed by atoms with Crippen LogP contribution in [-0.2, 0) is 16.1 Å². The molecule has 0 radical (unpaired) electrons. The second-order valence-electron chi connectivity index (χ2n) is 7.40. The number of carbonyl (C=O) groups excluding carboxylic acids is 1. The Kier molecular flexibility index (Phi) is 7.57. The number of nitriles is 1. The third kappa shape index (κ3) is 4.81. The van der Waals surface area contributed by atoms with E-state index >= 15 is 0 Å². The van der Waals surface area contributed by atoms with Crippen molar-refractivity contribution in [2.45, 2.75) is 25.0 Å². The largest absolute Gasteiger partial charge is 0.382 e. The second-order valence-corrected chi connectivity index (χ2v) is 8.35. The lowest BCUT2D eigenvalue weighted by atomic mass is 10.2. The first-order chi connectivity index (χ1) is 16.7. The van der Waals surface area contributed by atoms with Gasteiger partial charge in [0.2, 0.25) is 11.7 Å². The minimum Gasteiger partial charge on any atom is -0.382 e. The fourth-order valence-electron chi connectivity index (χ4n) is 3.70. The van der Waals surface area contributed by atoms with E-state index in [1.54, 1.807) is 22.8 Å². The van der Waals surface area contributed by atoms with Crippen molar-refractivity contribution in [3.8, 4) is 6.07 Å². The number of anilines is 1. The Bertz CT molecular complexity index is 1390. The number of amides is 1.